The van der Waals surface area contributed by atoms with Crippen LogP contribution in [0.2, 0.25) is 5.02 Å². The van der Waals surface area contributed by atoms with Gasteiger partial charge in [0.2, 0.25) is 11.8 Å². The number of nitrogens with zero attached hydrogens (tertiary/aromatic N) is 1. The minimum absolute atomic E-state index is 0.0756. The van der Waals surface area contributed by atoms with Crippen LogP contribution in [0.15, 0.2) is 42.5 Å². The molecule has 2 aromatic rings. The number of ether oxygens (including phenoxy) is 1. The Hall–Kier alpha value is -2.60. The molecule has 1 saturated heterocycles. The highest BCUT2D eigenvalue weighted by molar-refractivity contribution is 6.32. The quantitative estimate of drug-likeness (QED) is 0.905. The maximum absolute atomic E-state index is 13.4. The normalized spacial score (nSPS) is 16.8. The molecule has 2 amide bonds. The first-order chi connectivity index (χ1) is 12.0. The lowest BCUT2D eigenvalue weighted by molar-refractivity contribution is -0.122. The average Bonchev–Trinajstić information content (AvgIpc) is 2.97. The van der Waals surface area contributed by atoms with E-state index in [0.29, 0.717) is 22.1 Å². The second kappa shape index (κ2) is 7.11. The van der Waals surface area contributed by atoms with Gasteiger partial charge < -0.3 is 15.0 Å². The Morgan fingerprint density at radius 3 is 2.80 bits per heavy atom. The van der Waals surface area contributed by atoms with Gasteiger partial charge >= 0.3 is 0 Å². The van der Waals surface area contributed by atoms with E-state index < -0.39 is 11.7 Å². The number of carbonyl (C=O) groups excluding carboxylic acids is 2. The topological polar surface area (TPSA) is 58.6 Å². The highest BCUT2D eigenvalue weighted by atomic mass is 35.5. The van der Waals surface area contributed by atoms with E-state index >= 15 is 0 Å². The van der Waals surface area contributed by atoms with Crippen molar-refractivity contribution in [2.75, 3.05) is 23.9 Å². The Bertz CT molecular complexity index is 828. The van der Waals surface area contributed by atoms with E-state index in [0.717, 1.165) is 0 Å². The molecule has 5 nitrogen and oxygen atoms in total. The lowest BCUT2D eigenvalue weighted by Crippen LogP contribution is -2.28. The van der Waals surface area contributed by atoms with Gasteiger partial charge in [0.15, 0.2) is 0 Å². The van der Waals surface area contributed by atoms with Crippen LogP contribution in [-0.2, 0) is 9.59 Å². The van der Waals surface area contributed by atoms with Crippen LogP contribution in [0.5, 0.6) is 5.75 Å². The van der Waals surface area contributed by atoms with Gasteiger partial charge in [-0.25, -0.2) is 4.39 Å². The van der Waals surface area contributed by atoms with Gasteiger partial charge in [0, 0.05) is 24.3 Å². The molecule has 0 spiro atoms. The second-order valence-corrected chi connectivity index (χ2v) is 6.13. The third-order valence-electron chi connectivity index (χ3n) is 4.04. The second-order valence-electron chi connectivity index (χ2n) is 5.72. The first-order valence-electron chi connectivity index (χ1n) is 7.68. The van der Waals surface area contributed by atoms with Crippen molar-refractivity contribution < 1.29 is 18.7 Å². The summed E-state index contributed by atoms with van der Waals surface area (Å²) in [6, 6.07) is 10.7. The number of nitrogens with one attached hydrogen (secondary N) is 1. The lowest BCUT2D eigenvalue weighted by Gasteiger charge is -2.17. The molecule has 25 heavy (non-hydrogen) atoms. The fourth-order valence-electron chi connectivity index (χ4n) is 2.77. The molecule has 0 saturated carbocycles. The summed E-state index contributed by atoms with van der Waals surface area (Å²) < 4.78 is 18.4. The van der Waals surface area contributed by atoms with Crippen LogP contribution in [0, 0.1) is 11.7 Å². The summed E-state index contributed by atoms with van der Waals surface area (Å²) in [4.78, 5) is 26.0. The standard InChI is InChI=1S/C18H16ClFN2O3/c1-25-16-6-5-13(9-15(16)19)21-18(24)11-7-17(23)22(10-11)14-4-2-3-12(20)8-14/h2-6,8-9,11H,7,10H2,1H3,(H,21,24). The number of halogens is 2. The van der Waals surface area contributed by atoms with Crippen LogP contribution in [0.25, 0.3) is 0 Å². The first kappa shape index (κ1) is 17.2. The molecular formula is C18H16ClFN2O3. The van der Waals surface area contributed by atoms with Gasteiger partial charge in [0.05, 0.1) is 18.1 Å². The fraction of sp³-hybridized carbons (Fsp3) is 0.222. The monoisotopic (exact) mass is 362 g/mol. The number of hydrogen-bond donors (Lipinski definition) is 1. The summed E-state index contributed by atoms with van der Waals surface area (Å²) in [6.45, 7) is 0.206. The summed E-state index contributed by atoms with van der Waals surface area (Å²) in [5.74, 6) is -0.928. The maximum Gasteiger partial charge on any atom is 0.229 e. The lowest BCUT2D eigenvalue weighted by atomic mass is 10.1. The SMILES string of the molecule is COc1ccc(NC(=O)C2CC(=O)N(c3cccc(F)c3)C2)cc1Cl. The van der Waals surface area contributed by atoms with Crippen molar-refractivity contribution in [3.63, 3.8) is 0 Å². The minimum Gasteiger partial charge on any atom is -0.495 e. The molecule has 130 valence electrons. The summed E-state index contributed by atoms with van der Waals surface area (Å²) >= 11 is 6.04. The highest BCUT2D eigenvalue weighted by Crippen LogP contribution is 2.29. The number of anilines is 2. The van der Waals surface area contributed by atoms with Gasteiger partial charge in [-0.15, -0.1) is 0 Å². The van der Waals surface area contributed by atoms with Crippen LogP contribution in [0.4, 0.5) is 15.8 Å². The van der Waals surface area contributed by atoms with Gasteiger partial charge in [-0.05, 0) is 36.4 Å². The van der Waals surface area contributed by atoms with Gasteiger partial charge in [-0.2, -0.15) is 0 Å². The van der Waals surface area contributed by atoms with Crippen LogP contribution in [0.3, 0.4) is 0 Å². The van der Waals surface area contributed by atoms with Crippen LogP contribution in [-0.4, -0.2) is 25.5 Å². The third kappa shape index (κ3) is 3.74. The predicted molar refractivity (Wildman–Crippen MR) is 93.5 cm³/mol. The van der Waals surface area contributed by atoms with Crippen molar-refractivity contribution in [1.82, 2.24) is 0 Å². The molecule has 1 aliphatic heterocycles. The van der Waals surface area contributed by atoms with Crippen molar-refractivity contribution in [2.45, 2.75) is 6.42 Å². The van der Waals surface area contributed by atoms with E-state index in [4.69, 9.17) is 16.3 Å². The molecule has 1 aliphatic rings. The molecule has 1 N–H and O–H groups in total. The largest absolute Gasteiger partial charge is 0.495 e. The molecule has 1 fully saturated rings. The van der Waals surface area contributed by atoms with E-state index in [-0.39, 0.29) is 24.8 Å². The number of methoxy groups -OCH3 is 1. The smallest absolute Gasteiger partial charge is 0.229 e. The number of hydrogen-bond acceptors (Lipinski definition) is 3. The van der Waals surface area contributed by atoms with Crippen LogP contribution in [0.1, 0.15) is 6.42 Å². The van der Waals surface area contributed by atoms with Crippen molar-refractivity contribution in [3.8, 4) is 5.75 Å². The summed E-state index contributed by atoms with van der Waals surface area (Å²) in [6.07, 6.45) is 0.0756. The van der Waals surface area contributed by atoms with Crippen molar-refractivity contribution in [1.29, 1.82) is 0 Å². The molecule has 0 bridgehead atoms. The Morgan fingerprint density at radius 2 is 2.12 bits per heavy atom. The Balaban J connectivity index is 1.69. The van der Waals surface area contributed by atoms with Crippen LogP contribution < -0.4 is 15.0 Å². The van der Waals surface area contributed by atoms with E-state index in [1.54, 1.807) is 24.3 Å². The molecule has 0 aromatic heterocycles. The number of carbonyl (C=O) groups is 2. The Kier molecular flexibility index (Phi) is 4.90. The first-order valence-corrected chi connectivity index (χ1v) is 8.06. The van der Waals surface area contributed by atoms with E-state index in [9.17, 15) is 14.0 Å². The molecule has 7 heteroatoms. The van der Waals surface area contributed by atoms with Gasteiger partial charge in [-0.3, -0.25) is 9.59 Å². The molecule has 0 radical (unpaired) electrons. The minimum atomic E-state index is -0.517. The number of amides is 2. The predicted octanol–water partition coefficient (Wildman–Crippen LogP) is 3.48. The molecule has 1 atom stereocenters. The number of benzene rings is 2. The van der Waals surface area contributed by atoms with Crippen molar-refractivity contribution in [3.05, 3.63) is 53.3 Å². The molecule has 3 rings (SSSR count). The zero-order chi connectivity index (χ0) is 18.0. The average molecular weight is 363 g/mol. The summed E-state index contributed by atoms with van der Waals surface area (Å²) in [7, 11) is 1.50. The van der Waals surface area contributed by atoms with Gasteiger partial charge in [0.25, 0.3) is 0 Å². The molecule has 1 heterocycles. The van der Waals surface area contributed by atoms with Gasteiger partial charge in [0.1, 0.15) is 11.6 Å². The van der Waals surface area contributed by atoms with Crippen LogP contribution >= 0.6 is 11.6 Å². The molecule has 1 unspecified atom stereocenters. The number of rotatable bonds is 4. The van der Waals surface area contributed by atoms with Crippen molar-refractivity contribution in [2.24, 2.45) is 5.92 Å². The van der Waals surface area contributed by atoms with Gasteiger partial charge in [-0.1, -0.05) is 17.7 Å². The van der Waals surface area contributed by atoms with E-state index in [2.05, 4.69) is 5.32 Å². The molecule has 0 aliphatic carbocycles. The fourth-order valence-corrected chi connectivity index (χ4v) is 3.02. The maximum atomic E-state index is 13.4. The highest BCUT2D eigenvalue weighted by Gasteiger charge is 2.35. The zero-order valence-corrected chi connectivity index (χ0v) is 14.2. The summed E-state index contributed by atoms with van der Waals surface area (Å²) in [5.41, 5.74) is 0.972. The molecule has 2 aromatic carbocycles. The zero-order valence-electron chi connectivity index (χ0n) is 13.5. The van der Waals surface area contributed by atoms with E-state index in [1.807, 2.05) is 0 Å². The Labute approximate surface area is 149 Å². The third-order valence-corrected chi connectivity index (χ3v) is 4.33. The molecular weight excluding hydrogens is 347 g/mol. The Morgan fingerprint density at radius 1 is 1.32 bits per heavy atom. The summed E-state index contributed by atoms with van der Waals surface area (Å²) in [5, 5.41) is 3.13. The van der Waals surface area contributed by atoms with E-state index in [1.165, 1.54) is 30.2 Å². The van der Waals surface area contributed by atoms with Crippen molar-refractivity contribution >= 4 is 34.8 Å².